The van der Waals surface area contributed by atoms with Gasteiger partial charge in [0.05, 0.1) is 0 Å². The van der Waals surface area contributed by atoms with Crippen LogP contribution in [0.2, 0.25) is 12.6 Å². The molecule has 70 valence electrons. The van der Waals surface area contributed by atoms with E-state index < -0.39 is 7.63 Å². The predicted molar refractivity (Wildman–Crippen MR) is 59.5 cm³/mol. The second-order valence-electron chi connectivity index (χ2n) is 3.01. The van der Waals surface area contributed by atoms with Crippen molar-refractivity contribution in [3.05, 3.63) is 43.0 Å². The van der Waals surface area contributed by atoms with Crippen molar-refractivity contribution in [1.29, 1.82) is 0 Å². The summed E-state index contributed by atoms with van der Waals surface area (Å²) in [4.78, 5) is 0. The molecule has 1 unspecified atom stereocenters. The van der Waals surface area contributed by atoms with Crippen molar-refractivity contribution in [3.8, 4) is 5.75 Å². The van der Waals surface area contributed by atoms with Gasteiger partial charge in [-0.3, -0.25) is 0 Å². The summed E-state index contributed by atoms with van der Waals surface area (Å²) in [7, 11) is -2.09. The van der Waals surface area contributed by atoms with Gasteiger partial charge in [-0.05, 0) is 18.7 Å². The molecule has 0 aliphatic heterocycles. The van der Waals surface area contributed by atoms with Crippen LogP contribution >= 0.6 is 11.1 Å². The zero-order chi connectivity index (χ0) is 9.73. The molecule has 0 radical (unpaired) electrons. The third-order valence-corrected chi connectivity index (χ3v) is 3.96. The molecule has 1 aromatic rings. The Bertz CT molecular complexity index is 272. The van der Waals surface area contributed by atoms with Gasteiger partial charge in [0, 0.05) is 6.04 Å². The summed E-state index contributed by atoms with van der Waals surface area (Å²) in [5.74, 6) is 0.841. The lowest BCUT2D eigenvalue weighted by Crippen LogP contribution is -2.30. The summed E-state index contributed by atoms with van der Waals surface area (Å²) in [6.07, 6.45) is 1.81. The number of hydrogen-bond donors (Lipinski definition) is 0. The first-order valence-electron chi connectivity index (χ1n) is 4.18. The van der Waals surface area contributed by atoms with E-state index in [9.17, 15) is 0 Å². The highest BCUT2D eigenvalue weighted by atomic mass is 35.6. The van der Waals surface area contributed by atoms with Crippen molar-refractivity contribution >= 4 is 18.7 Å². The molecule has 0 heterocycles. The lowest BCUT2D eigenvalue weighted by molar-refractivity contribution is 0.567. The van der Waals surface area contributed by atoms with Crippen molar-refractivity contribution in [3.63, 3.8) is 0 Å². The van der Waals surface area contributed by atoms with E-state index in [1.165, 1.54) is 0 Å². The van der Waals surface area contributed by atoms with Crippen LogP contribution < -0.4 is 4.43 Å². The van der Waals surface area contributed by atoms with Crippen molar-refractivity contribution in [2.45, 2.75) is 12.6 Å². The highest BCUT2D eigenvalue weighted by Gasteiger charge is 2.26. The third-order valence-electron chi connectivity index (χ3n) is 1.58. The van der Waals surface area contributed by atoms with Crippen molar-refractivity contribution in [1.82, 2.24) is 0 Å². The SMILES string of the molecule is C=CC[Si](C)(Cl)Oc1ccccc1. The summed E-state index contributed by atoms with van der Waals surface area (Å²) in [5.41, 5.74) is 0. The van der Waals surface area contributed by atoms with E-state index in [1.54, 1.807) is 0 Å². The van der Waals surface area contributed by atoms with Crippen LogP contribution in [0.3, 0.4) is 0 Å². The fourth-order valence-corrected chi connectivity index (χ4v) is 2.85. The molecule has 0 fully saturated rings. The maximum atomic E-state index is 6.22. The van der Waals surface area contributed by atoms with E-state index >= 15 is 0 Å². The molecule has 1 rings (SSSR count). The van der Waals surface area contributed by atoms with Gasteiger partial charge in [-0.25, -0.2) is 0 Å². The largest absolute Gasteiger partial charge is 0.529 e. The summed E-state index contributed by atoms with van der Waals surface area (Å²) in [5, 5.41) is 0. The molecule has 1 nitrogen and oxygen atoms in total. The van der Waals surface area contributed by atoms with Crippen LogP contribution in [0.4, 0.5) is 0 Å². The molecular formula is C10H13ClOSi. The van der Waals surface area contributed by atoms with Gasteiger partial charge in [-0.2, -0.15) is 0 Å². The maximum Gasteiger partial charge on any atom is 0.348 e. The van der Waals surface area contributed by atoms with Crippen molar-refractivity contribution < 1.29 is 4.43 Å². The van der Waals surface area contributed by atoms with Gasteiger partial charge in [0.15, 0.2) is 0 Å². The normalized spacial score (nSPS) is 14.6. The molecule has 1 aromatic carbocycles. The highest BCUT2D eigenvalue weighted by Crippen LogP contribution is 2.21. The molecule has 0 amide bonds. The monoisotopic (exact) mass is 212 g/mol. The van der Waals surface area contributed by atoms with Crippen LogP contribution in [0.1, 0.15) is 0 Å². The number of rotatable bonds is 4. The minimum atomic E-state index is -2.09. The quantitative estimate of drug-likeness (QED) is 0.421. The second kappa shape index (κ2) is 4.49. The first kappa shape index (κ1) is 10.3. The van der Waals surface area contributed by atoms with E-state index in [-0.39, 0.29) is 0 Å². The minimum Gasteiger partial charge on any atom is -0.529 e. The van der Waals surface area contributed by atoms with E-state index in [0.717, 1.165) is 11.8 Å². The molecule has 0 spiro atoms. The average molecular weight is 213 g/mol. The van der Waals surface area contributed by atoms with Crippen LogP contribution in [0.25, 0.3) is 0 Å². The number of halogens is 1. The van der Waals surface area contributed by atoms with E-state index in [4.69, 9.17) is 15.5 Å². The molecular weight excluding hydrogens is 200 g/mol. The predicted octanol–water partition coefficient (Wildman–Crippen LogP) is 3.56. The van der Waals surface area contributed by atoms with E-state index in [2.05, 4.69) is 6.58 Å². The molecule has 0 bridgehead atoms. The van der Waals surface area contributed by atoms with Crippen LogP contribution in [-0.4, -0.2) is 7.63 Å². The van der Waals surface area contributed by atoms with Gasteiger partial charge >= 0.3 is 7.63 Å². The van der Waals surface area contributed by atoms with Crippen LogP contribution in [0.15, 0.2) is 43.0 Å². The minimum absolute atomic E-state index is 0.753. The fourth-order valence-electron chi connectivity index (χ4n) is 1.03. The topological polar surface area (TPSA) is 9.23 Å². The van der Waals surface area contributed by atoms with Gasteiger partial charge in [-0.15, -0.1) is 17.7 Å². The highest BCUT2D eigenvalue weighted by molar-refractivity contribution is 7.16. The van der Waals surface area contributed by atoms with Crippen LogP contribution in [0.5, 0.6) is 5.75 Å². The third kappa shape index (κ3) is 3.66. The Morgan fingerprint density at radius 3 is 2.62 bits per heavy atom. The zero-order valence-electron chi connectivity index (χ0n) is 7.66. The lowest BCUT2D eigenvalue weighted by atomic mass is 10.3. The molecule has 0 saturated heterocycles. The second-order valence-corrected chi connectivity index (χ2v) is 8.22. The Morgan fingerprint density at radius 2 is 2.08 bits per heavy atom. The fraction of sp³-hybridized carbons (Fsp3) is 0.200. The van der Waals surface area contributed by atoms with Crippen molar-refractivity contribution in [2.24, 2.45) is 0 Å². The van der Waals surface area contributed by atoms with Gasteiger partial charge in [0.2, 0.25) is 0 Å². The van der Waals surface area contributed by atoms with Gasteiger partial charge in [0.1, 0.15) is 5.75 Å². The Balaban J connectivity index is 2.63. The Labute approximate surface area is 84.8 Å². The first-order valence-corrected chi connectivity index (χ1v) is 7.81. The molecule has 0 saturated carbocycles. The average Bonchev–Trinajstić information content (AvgIpc) is 2.04. The van der Waals surface area contributed by atoms with Gasteiger partial charge in [-0.1, -0.05) is 24.3 Å². The Kier molecular flexibility index (Phi) is 3.57. The van der Waals surface area contributed by atoms with E-state index in [0.29, 0.717) is 0 Å². The summed E-state index contributed by atoms with van der Waals surface area (Å²) >= 11 is 6.22. The summed E-state index contributed by atoms with van der Waals surface area (Å²) in [6.45, 7) is 5.62. The Hall–Kier alpha value is -0.733. The summed E-state index contributed by atoms with van der Waals surface area (Å²) < 4.78 is 5.68. The van der Waals surface area contributed by atoms with Crippen LogP contribution in [-0.2, 0) is 0 Å². The number of hydrogen-bond acceptors (Lipinski definition) is 1. The molecule has 1 atom stereocenters. The van der Waals surface area contributed by atoms with Crippen molar-refractivity contribution in [2.75, 3.05) is 0 Å². The molecule has 0 aromatic heterocycles. The number of allylic oxidation sites excluding steroid dienone is 1. The maximum absolute atomic E-state index is 6.22. The smallest absolute Gasteiger partial charge is 0.348 e. The number of para-hydroxylation sites is 1. The first-order chi connectivity index (χ1) is 6.14. The summed E-state index contributed by atoms with van der Waals surface area (Å²) in [6, 6.07) is 10.4. The lowest BCUT2D eigenvalue weighted by Gasteiger charge is -2.19. The van der Waals surface area contributed by atoms with Gasteiger partial charge < -0.3 is 4.43 Å². The number of benzene rings is 1. The molecule has 0 aliphatic rings. The molecule has 0 N–H and O–H groups in total. The van der Waals surface area contributed by atoms with Gasteiger partial charge in [0.25, 0.3) is 0 Å². The zero-order valence-corrected chi connectivity index (χ0v) is 9.42. The molecule has 3 heteroatoms. The molecule has 0 aliphatic carbocycles. The van der Waals surface area contributed by atoms with Crippen LogP contribution in [0, 0.1) is 0 Å². The van der Waals surface area contributed by atoms with E-state index in [1.807, 2.05) is 43.0 Å². The standard InChI is InChI=1S/C10H13ClOSi/c1-3-9-13(2,11)12-10-7-5-4-6-8-10/h3-8H,1,9H2,2H3. The molecule has 13 heavy (non-hydrogen) atoms. The Morgan fingerprint density at radius 1 is 1.46 bits per heavy atom.